The highest BCUT2D eigenvalue weighted by atomic mass is 32.2. The molecule has 4 rings (SSSR count). The van der Waals surface area contributed by atoms with Gasteiger partial charge in [-0.2, -0.15) is 4.31 Å². The molecule has 1 aliphatic heterocycles. The fourth-order valence-electron chi connectivity index (χ4n) is 4.27. The molecule has 1 amide bonds. The van der Waals surface area contributed by atoms with Gasteiger partial charge in [-0.1, -0.05) is 36.4 Å². The molecule has 1 fully saturated rings. The van der Waals surface area contributed by atoms with Crippen molar-refractivity contribution < 1.29 is 17.6 Å². The molecule has 1 N–H and O–H groups in total. The van der Waals surface area contributed by atoms with E-state index in [1.807, 2.05) is 17.0 Å². The first-order chi connectivity index (χ1) is 14.4. The van der Waals surface area contributed by atoms with Crippen LogP contribution in [0.5, 0.6) is 0 Å². The van der Waals surface area contributed by atoms with E-state index in [-0.39, 0.29) is 36.5 Å². The number of nitrogens with one attached hydrogen (secondary N) is 1. The highest BCUT2D eigenvalue weighted by Gasteiger charge is 2.31. The fourth-order valence-corrected chi connectivity index (χ4v) is 5.76. The molecule has 2 aliphatic rings. The first-order valence-corrected chi connectivity index (χ1v) is 11.7. The number of hydrogen-bond donors (Lipinski definition) is 1. The minimum atomic E-state index is -3.87. The Morgan fingerprint density at radius 2 is 1.73 bits per heavy atom. The van der Waals surface area contributed by atoms with Gasteiger partial charge in [0.05, 0.1) is 12.6 Å². The van der Waals surface area contributed by atoms with E-state index >= 15 is 0 Å². The molecule has 1 saturated heterocycles. The molecule has 160 valence electrons. The van der Waals surface area contributed by atoms with E-state index in [0.29, 0.717) is 13.1 Å². The zero-order valence-corrected chi connectivity index (χ0v) is 17.6. The fraction of sp³-hybridized carbons (Fsp3) is 0.409. The number of halogens is 1. The van der Waals surface area contributed by atoms with Gasteiger partial charge in [-0.05, 0) is 42.5 Å². The highest BCUT2D eigenvalue weighted by molar-refractivity contribution is 7.89. The number of nitrogens with zero attached hydrogens (tertiary/aromatic N) is 2. The lowest BCUT2D eigenvalue weighted by molar-refractivity contribution is -0.123. The van der Waals surface area contributed by atoms with E-state index in [1.54, 1.807) is 0 Å². The molecule has 1 aliphatic carbocycles. The topological polar surface area (TPSA) is 69.7 Å². The van der Waals surface area contributed by atoms with Crippen molar-refractivity contribution in [3.8, 4) is 0 Å². The van der Waals surface area contributed by atoms with Crippen molar-refractivity contribution in [2.45, 2.75) is 30.2 Å². The smallest absolute Gasteiger partial charge is 0.246 e. The Hall–Kier alpha value is -2.29. The Labute approximate surface area is 176 Å². The Balaban J connectivity index is 1.32. The molecule has 2 aromatic carbocycles. The van der Waals surface area contributed by atoms with Crippen LogP contribution in [0.4, 0.5) is 4.39 Å². The minimum absolute atomic E-state index is 0.0326. The molecule has 1 atom stereocenters. The highest BCUT2D eigenvalue weighted by Crippen LogP contribution is 2.29. The predicted octanol–water partition coefficient (Wildman–Crippen LogP) is 2.33. The standard InChI is InChI=1S/C22H26FN3O3S/c23-19-9-3-4-11-21(19)30(28,29)26-14-12-25(13-15-26)16-22(27)24-20-10-5-7-17-6-1-2-8-18(17)20/h1-4,6,8-9,11,20H,5,7,10,12-16H2,(H,24,27). The van der Waals surface area contributed by atoms with Crippen LogP contribution < -0.4 is 5.32 Å². The van der Waals surface area contributed by atoms with E-state index in [1.165, 1.54) is 33.6 Å². The van der Waals surface area contributed by atoms with Crippen molar-refractivity contribution in [1.82, 2.24) is 14.5 Å². The monoisotopic (exact) mass is 431 g/mol. The largest absolute Gasteiger partial charge is 0.348 e. The van der Waals surface area contributed by atoms with Crippen LogP contribution in [-0.4, -0.2) is 56.3 Å². The number of piperazine rings is 1. The predicted molar refractivity (Wildman–Crippen MR) is 112 cm³/mol. The van der Waals surface area contributed by atoms with Gasteiger partial charge in [-0.25, -0.2) is 12.8 Å². The average molecular weight is 432 g/mol. The number of carbonyl (C=O) groups is 1. The number of amides is 1. The SMILES string of the molecule is O=C(CN1CCN(S(=O)(=O)c2ccccc2F)CC1)NC1CCCc2ccccc21. The second-order valence-electron chi connectivity index (χ2n) is 7.82. The van der Waals surface area contributed by atoms with E-state index in [4.69, 9.17) is 0 Å². The molecule has 1 heterocycles. The van der Waals surface area contributed by atoms with E-state index in [2.05, 4.69) is 17.4 Å². The van der Waals surface area contributed by atoms with Crippen LogP contribution in [-0.2, 0) is 21.2 Å². The summed E-state index contributed by atoms with van der Waals surface area (Å²) in [5.74, 6) is -0.797. The third kappa shape index (κ3) is 4.40. The van der Waals surface area contributed by atoms with Crippen LogP contribution in [0.3, 0.4) is 0 Å². The lowest BCUT2D eigenvalue weighted by atomic mass is 9.88. The van der Waals surface area contributed by atoms with Gasteiger partial charge in [0.1, 0.15) is 10.7 Å². The second kappa shape index (κ2) is 8.83. The van der Waals surface area contributed by atoms with Crippen molar-refractivity contribution in [2.24, 2.45) is 0 Å². The van der Waals surface area contributed by atoms with Crippen LogP contribution >= 0.6 is 0 Å². The Morgan fingerprint density at radius 1 is 1.03 bits per heavy atom. The average Bonchev–Trinajstić information content (AvgIpc) is 2.74. The normalized spacial score (nSPS) is 20.5. The van der Waals surface area contributed by atoms with Gasteiger partial charge in [-0.3, -0.25) is 9.69 Å². The Bertz CT molecular complexity index is 1020. The summed E-state index contributed by atoms with van der Waals surface area (Å²) in [6, 6.07) is 13.7. The molecule has 8 heteroatoms. The zero-order valence-electron chi connectivity index (χ0n) is 16.8. The zero-order chi connectivity index (χ0) is 21.1. The van der Waals surface area contributed by atoms with Gasteiger partial charge in [0.2, 0.25) is 15.9 Å². The van der Waals surface area contributed by atoms with Crippen LogP contribution in [0.25, 0.3) is 0 Å². The molecule has 6 nitrogen and oxygen atoms in total. The van der Waals surface area contributed by atoms with Gasteiger partial charge in [0.15, 0.2) is 0 Å². The number of carbonyl (C=O) groups excluding carboxylic acids is 1. The maximum atomic E-state index is 13.9. The van der Waals surface area contributed by atoms with Crippen LogP contribution in [0.1, 0.15) is 30.0 Å². The Kier molecular flexibility index (Phi) is 6.17. The molecule has 0 spiro atoms. The lowest BCUT2D eigenvalue weighted by Gasteiger charge is -2.34. The Morgan fingerprint density at radius 3 is 2.50 bits per heavy atom. The molecule has 0 bridgehead atoms. The molecule has 1 unspecified atom stereocenters. The summed E-state index contributed by atoms with van der Waals surface area (Å²) < 4.78 is 40.6. The maximum absolute atomic E-state index is 13.9. The van der Waals surface area contributed by atoms with Crippen LogP contribution in [0, 0.1) is 5.82 Å². The summed E-state index contributed by atoms with van der Waals surface area (Å²) in [4.78, 5) is 14.2. The molecule has 0 radical (unpaired) electrons. The second-order valence-corrected chi connectivity index (χ2v) is 9.73. The van der Waals surface area contributed by atoms with Crippen molar-refractivity contribution >= 4 is 15.9 Å². The first kappa shape index (κ1) is 21.0. The van der Waals surface area contributed by atoms with E-state index in [9.17, 15) is 17.6 Å². The summed E-state index contributed by atoms with van der Waals surface area (Å²) in [5.41, 5.74) is 2.49. The maximum Gasteiger partial charge on any atom is 0.246 e. The van der Waals surface area contributed by atoms with E-state index in [0.717, 1.165) is 25.3 Å². The quantitative estimate of drug-likeness (QED) is 0.789. The van der Waals surface area contributed by atoms with Gasteiger partial charge < -0.3 is 5.32 Å². The number of fused-ring (bicyclic) bond motifs is 1. The van der Waals surface area contributed by atoms with Gasteiger partial charge in [-0.15, -0.1) is 0 Å². The van der Waals surface area contributed by atoms with Crippen LogP contribution in [0.2, 0.25) is 0 Å². The summed E-state index contributed by atoms with van der Waals surface area (Å²) in [7, 11) is -3.87. The third-order valence-corrected chi connectivity index (χ3v) is 7.79. The van der Waals surface area contributed by atoms with Crippen molar-refractivity contribution in [2.75, 3.05) is 32.7 Å². The molecule has 0 saturated carbocycles. The van der Waals surface area contributed by atoms with Crippen LogP contribution in [0.15, 0.2) is 53.4 Å². The van der Waals surface area contributed by atoms with Gasteiger partial charge >= 0.3 is 0 Å². The number of hydrogen-bond acceptors (Lipinski definition) is 4. The molecular formula is C22H26FN3O3S. The molecule has 0 aromatic heterocycles. The van der Waals surface area contributed by atoms with Gasteiger partial charge in [0, 0.05) is 26.2 Å². The minimum Gasteiger partial charge on any atom is -0.348 e. The molecule has 2 aromatic rings. The van der Waals surface area contributed by atoms with Crippen molar-refractivity contribution in [3.05, 3.63) is 65.5 Å². The number of benzene rings is 2. The molecule has 30 heavy (non-hydrogen) atoms. The van der Waals surface area contributed by atoms with Crippen molar-refractivity contribution in [3.63, 3.8) is 0 Å². The molecular weight excluding hydrogens is 405 g/mol. The summed E-state index contributed by atoms with van der Waals surface area (Å²) in [6.45, 7) is 1.56. The summed E-state index contributed by atoms with van der Waals surface area (Å²) in [6.07, 6.45) is 3.02. The van der Waals surface area contributed by atoms with Gasteiger partial charge in [0.25, 0.3) is 0 Å². The van der Waals surface area contributed by atoms with Crippen molar-refractivity contribution in [1.29, 1.82) is 0 Å². The number of aryl methyl sites for hydroxylation is 1. The number of rotatable bonds is 5. The third-order valence-electron chi connectivity index (χ3n) is 5.86. The number of sulfonamides is 1. The summed E-state index contributed by atoms with van der Waals surface area (Å²) in [5, 5.41) is 3.14. The lowest BCUT2D eigenvalue weighted by Crippen LogP contribution is -2.51. The first-order valence-electron chi connectivity index (χ1n) is 10.3. The van der Waals surface area contributed by atoms with E-state index < -0.39 is 15.8 Å². The summed E-state index contributed by atoms with van der Waals surface area (Å²) >= 11 is 0.